The Labute approximate surface area is 120 Å². The molecule has 20 heavy (non-hydrogen) atoms. The van der Waals surface area contributed by atoms with E-state index in [4.69, 9.17) is 0 Å². The number of nitrogens with one attached hydrogen (secondary N) is 1. The third kappa shape index (κ3) is 4.20. The lowest BCUT2D eigenvalue weighted by Crippen LogP contribution is -2.28. The van der Waals surface area contributed by atoms with E-state index in [-0.39, 0.29) is 12.5 Å². The number of hydrogen-bond donors (Lipinski definition) is 2. The van der Waals surface area contributed by atoms with Gasteiger partial charge in [-0.2, -0.15) is 0 Å². The second-order valence-electron chi connectivity index (χ2n) is 5.46. The molecule has 108 valence electrons. The van der Waals surface area contributed by atoms with E-state index >= 15 is 0 Å². The maximum atomic E-state index is 11.9. The first-order chi connectivity index (χ1) is 9.66. The van der Waals surface area contributed by atoms with Gasteiger partial charge in [-0.25, -0.2) is 0 Å². The third-order valence-corrected chi connectivity index (χ3v) is 3.81. The van der Waals surface area contributed by atoms with Crippen molar-refractivity contribution in [2.45, 2.75) is 45.1 Å². The number of aliphatic hydroxyl groups is 1. The van der Waals surface area contributed by atoms with E-state index in [0.717, 1.165) is 24.0 Å². The van der Waals surface area contributed by atoms with E-state index < -0.39 is 6.10 Å². The zero-order valence-electron chi connectivity index (χ0n) is 12.1. The lowest BCUT2D eigenvalue weighted by Gasteiger charge is -2.16. The van der Waals surface area contributed by atoms with Crippen LogP contribution in [0.4, 0.5) is 0 Å². The molecule has 1 aliphatic carbocycles. The maximum Gasteiger partial charge on any atom is 0.224 e. The highest BCUT2D eigenvalue weighted by molar-refractivity contribution is 5.78. The van der Waals surface area contributed by atoms with Crippen molar-refractivity contribution in [3.63, 3.8) is 0 Å². The molecule has 0 heterocycles. The minimum absolute atomic E-state index is 0.00536. The van der Waals surface area contributed by atoms with Gasteiger partial charge in [0.1, 0.15) is 0 Å². The van der Waals surface area contributed by atoms with Gasteiger partial charge in [-0.1, -0.05) is 35.9 Å². The number of hydrogen-bond acceptors (Lipinski definition) is 2. The number of aliphatic hydroxyl groups excluding tert-OH is 1. The first-order valence-corrected chi connectivity index (χ1v) is 7.35. The molecular formula is C17H23NO2. The number of benzene rings is 1. The molecule has 2 N–H and O–H groups in total. The van der Waals surface area contributed by atoms with Gasteiger partial charge >= 0.3 is 0 Å². The summed E-state index contributed by atoms with van der Waals surface area (Å²) in [6.07, 6.45) is 6.56. The van der Waals surface area contributed by atoms with Crippen molar-refractivity contribution < 1.29 is 9.90 Å². The first-order valence-electron chi connectivity index (χ1n) is 7.35. The van der Waals surface area contributed by atoms with Crippen LogP contribution in [0.25, 0.3) is 0 Å². The second kappa shape index (κ2) is 7.25. The molecule has 1 amide bonds. The topological polar surface area (TPSA) is 49.3 Å². The van der Waals surface area contributed by atoms with E-state index in [1.807, 2.05) is 31.2 Å². The number of carbonyl (C=O) groups is 1. The third-order valence-electron chi connectivity index (χ3n) is 3.81. The van der Waals surface area contributed by atoms with Crippen LogP contribution in [-0.2, 0) is 4.79 Å². The Hall–Kier alpha value is -1.61. The molecule has 0 saturated carbocycles. The summed E-state index contributed by atoms with van der Waals surface area (Å²) in [6.45, 7) is 2.24. The van der Waals surface area contributed by atoms with E-state index in [1.165, 1.54) is 18.4 Å². The summed E-state index contributed by atoms with van der Waals surface area (Å²) < 4.78 is 0. The predicted molar refractivity (Wildman–Crippen MR) is 80.3 cm³/mol. The Balaban J connectivity index is 1.81. The number of aryl methyl sites for hydroxylation is 1. The fourth-order valence-corrected chi connectivity index (χ4v) is 2.62. The molecule has 2 rings (SSSR count). The Bertz CT molecular complexity index is 494. The van der Waals surface area contributed by atoms with Gasteiger partial charge in [0.25, 0.3) is 0 Å². The molecule has 0 aliphatic heterocycles. The molecule has 3 heteroatoms. The van der Waals surface area contributed by atoms with E-state index in [9.17, 15) is 9.90 Å². The van der Waals surface area contributed by atoms with Crippen LogP contribution >= 0.6 is 0 Å². The van der Waals surface area contributed by atoms with Crippen LogP contribution in [0.3, 0.4) is 0 Å². The van der Waals surface area contributed by atoms with Crippen molar-refractivity contribution in [3.05, 3.63) is 47.0 Å². The molecular weight excluding hydrogens is 250 g/mol. The highest BCUT2D eigenvalue weighted by Gasteiger charge is 2.13. The smallest absolute Gasteiger partial charge is 0.224 e. The zero-order valence-corrected chi connectivity index (χ0v) is 12.1. The van der Waals surface area contributed by atoms with Gasteiger partial charge in [0, 0.05) is 13.0 Å². The zero-order chi connectivity index (χ0) is 14.4. The summed E-state index contributed by atoms with van der Waals surface area (Å²) in [5.41, 5.74) is 3.16. The molecule has 3 nitrogen and oxygen atoms in total. The van der Waals surface area contributed by atoms with Crippen molar-refractivity contribution in [2.75, 3.05) is 6.54 Å². The van der Waals surface area contributed by atoms with Gasteiger partial charge in [-0.05, 0) is 43.7 Å². The Morgan fingerprint density at radius 1 is 1.35 bits per heavy atom. The Morgan fingerprint density at radius 2 is 2.15 bits per heavy atom. The monoisotopic (exact) mass is 273 g/mol. The number of carbonyl (C=O) groups excluding carboxylic acids is 1. The van der Waals surface area contributed by atoms with Gasteiger partial charge < -0.3 is 10.4 Å². The van der Waals surface area contributed by atoms with Crippen LogP contribution in [0.15, 0.2) is 35.9 Å². The summed E-state index contributed by atoms with van der Waals surface area (Å²) in [5.74, 6) is 0.00536. The lowest BCUT2D eigenvalue weighted by molar-refractivity contribution is -0.120. The average molecular weight is 273 g/mol. The van der Waals surface area contributed by atoms with Gasteiger partial charge in [0.15, 0.2) is 0 Å². The van der Waals surface area contributed by atoms with E-state index in [0.29, 0.717) is 6.42 Å². The first kappa shape index (κ1) is 14.8. The summed E-state index contributed by atoms with van der Waals surface area (Å²) in [5, 5.41) is 13.0. The lowest BCUT2D eigenvalue weighted by atomic mass is 9.97. The van der Waals surface area contributed by atoms with E-state index in [1.54, 1.807) is 0 Å². The molecule has 0 unspecified atom stereocenters. The summed E-state index contributed by atoms with van der Waals surface area (Å²) >= 11 is 0. The summed E-state index contributed by atoms with van der Waals surface area (Å²) in [7, 11) is 0. The SMILES string of the molecule is Cc1ccccc1[C@@H](O)CNC(=O)CC1=CCCCC1. The normalized spacial score (nSPS) is 16.4. The van der Waals surface area contributed by atoms with Crippen LogP contribution < -0.4 is 5.32 Å². The van der Waals surface area contributed by atoms with Crippen LogP contribution in [0.2, 0.25) is 0 Å². The number of rotatable bonds is 5. The minimum atomic E-state index is -0.638. The Morgan fingerprint density at radius 3 is 2.85 bits per heavy atom. The fourth-order valence-electron chi connectivity index (χ4n) is 2.62. The molecule has 0 bridgehead atoms. The van der Waals surface area contributed by atoms with Crippen LogP contribution in [-0.4, -0.2) is 17.6 Å². The van der Waals surface area contributed by atoms with Gasteiger partial charge in [-0.3, -0.25) is 4.79 Å². The minimum Gasteiger partial charge on any atom is -0.387 e. The molecule has 1 aromatic rings. The molecule has 0 saturated heterocycles. The standard InChI is InChI=1S/C17H23NO2/c1-13-7-5-6-10-15(13)16(19)12-18-17(20)11-14-8-3-2-4-9-14/h5-8,10,16,19H,2-4,9,11-12H2,1H3,(H,18,20)/t16-/m0/s1. The highest BCUT2D eigenvalue weighted by atomic mass is 16.3. The Kier molecular flexibility index (Phi) is 5.36. The quantitative estimate of drug-likeness (QED) is 0.810. The summed E-state index contributed by atoms with van der Waals surface area (Å²) in [4.78, 5) is 11.9. The molecule has 1 aliphatic rings. The van der Waals surface area contributed by atoms with E-state index in [2.05, 4.69) is 11.4 Å². The largest absolute Gasteiger partial charge is 0.387 e. The van der Waals surface area contributed by atoms with Crippen molar-refractivity contribution in [2.24, 2.45) is 0 Å². The van der Waals surface area contributed by atoms with Crippen LogP contribution in [0.5, 0.6) is 0 Å². The predicted octanol–water partition coefficient (Wildman–Crippen LogP) is 3.04. The molecule has 0 aromatic heterocycles. The molecule has 0 spiro atoms. The number of allylic oxidation sites excluding steroid dienone is 1. The highest BCUT2D eigenvalue weighted by Crippen LogP contribution is 2.20. The molecule has 0 fully saturated rings. The maximum absolute atomic E-state index is 11.9. The van der Waals surface area contributed by atoms with Gasteiger partial charge in [-0.15, -0.1) is 0 Å². The van der Waals surface area contributed by atoms with Gasteiger partial charge in [0.05, 0.1) is 6.10 Å². The molecule has 1 atom stereocenters. The van der Waals surface area contributed by atoms with Crippen molar-refractivity contribution >= 4 is 5.91 Å². The van der Waals surface area contributed by atoms with Crippen LogP contribution in [0, 0.1) is 6.92 Å². The average Bonchev–Trinajstić information content (AvgIpc) is 2.46. The molecule has 1 aromatic carbocycles. The van der Waals surface area contributed by atoms with Crippen molar-refractivity contribution in [3.8, 4) is 0 Å². The van der Waals surface area contributed by atoms with Gasteiger partial charge in [0.2, 0.25) is 5.91 Å². The molecule has 0 radical (unpaired) electrons. The van der Waals surface area contributed by atoms with Crippen LogP contribution in [0.1, 0.15) is 49.3 Å². The summed E-state index contributed by atoms with van der Waals surface area (Å²) in [6, 6.07) is 7.71. The van der Waals surface area contributed by atoms with Crippen molar-refractivity contribution in [1.29, 1.82) is 0 Å². The van der Waals surface area contributed by atoms with Crippen molar-refractivity contribution in [1.82, 2.24) is 5.32 Å². The number of amides is 1. The second-order valence-corrected chi connectivity index (χ2v) is 5.46. The fraction of sp³-hybridized carbons (Fsp3) is 0.471.